The number of rotatable bonds is 8. The van der Waals surface area contributed by atoms with E-state index in [1.807, 2.05) is 57.2 Å². The Kier molecular flexibility index (Phi) is 7.11. The van der Waals surface area contributed by atoms with Crippen LogP contribution >= 0.6 is 0 Å². The summed E-state index contributed by atoms with van der Waals surface area (Å²) in [5.41, 5.74) is 4.03. The van der Waals surface area contributed by atoms with Crippen molar-refractivity contribution < 1.29 is 27.8 Å². The highest BCUT2D eigenvalue weighted by molar-refractivity contribution is 7.89. The van der Waals surface area contributed by atoms with E-state index in [-0.39, 0.29) is 17.0 Å². The van der Waals surface area contributed by atoms with Gasteiger partial charge in [-0.1, -0.05) is 30.3 Å². The Bertz CT molecular complexity index is 1400. The van der Waals surface area contributed by atoms with E-state index in [9.17, 15) is 18.3 Å². The molecular weight excluding hydrogens is 478 g/mol. The molecule has 0 bridgehead atoms. The summed E-state index contributed by atoms with van der Waals surface area (Å²) < 4.78 is 39.8. The molecule has 0 aromatic heterocycles. The van der Waals surface area contributed by atoms with Crippen molar-refractivity contribution in [1.82, 2.24) is 4.31 Å². The number of nitrogens with zero attached hydrogens (tertiary/aromatic N) is 1. The highest BCUT2D eigenvalue weighted by Gasteiger charge is 2.31. The van der Waals surface area contributed by atoms with Crippen molar-refractivity contribution in [3.05, 3.63) is 77.4 Å². The van der Waals surface area contributed by atoms with Crippen molar-refractivity contribution in [1.29, 1.82) is 0 Å². The average molecular weight is 510 g/mol. The maximum Gasteiger partial charge on any atom is 0.318 e. The molecule has 0 saturated heterocycles. The molecule has 0 saturated carbocycles. The number of sulfonamides is 1. The summed E-state index contributed by atoms with van der Waals surface area (Å²) in [7, 11) is -2.62. The molecule has 0 unspecified atom stereocenters. The number of aryl methyl sites for hydroxylation is 2. The second-order valence-corrected chi connectivity index (χ2v) is 11.6. The Morgan fingerprint density at radius 3 is 2.56 bits per heavy atom. The summed E-state index contributed by atoms with van der Waals surface area (Å²) in [4.78, 5) is 11.8. The zero-order valence-corrected chi connectivity index (χ0v) is 21.8. The fourth-order valence-corrected chi connectivity index (χ4v) is 5.90. The van der Waals surface area contributed by atoms with Crippen LogP contribution in [-0.2, 0) is 27.8 Å². The summed E-state index contributed by atoms with van der Waals surface area (Å²) >= 11 is 0. The van der Waals surface area contributed by atoms with Gasteiger partial charge in [-0.3, -0.25) is 4.79 Å². The third-order valence-electron chi connectivity index (χ3n) is 6.45. The van der Waals surface area contributed by atoms with Crippen LogP contribution in [0.2, 0.25) is 0 Å². The Labute approximate surface area is 212 Å². The number of carbonyl (C=O) groups is 1. The lowest BCUT2D eigenvalue weighted by atomic mass is 9.94. The number of hydrogen-bond donors (Lipinski definition) is 1. The number of hydrogen-bond acceptors (Lipinski definition) is 5. The van der Waals surface area contributed by atoms with E-state index in [0.29, 0.717) is 23.5 Å². The summed E-state index contributed by atoms with van der Waals surface area (Å²) in [5.74, 6) is -0.0998. The van der Waals surface area contributed by atoms with Gasteiger partial charge in [0, 0.05) is 12.1 Å². The molecular formula is C28H31NO6S. The van der Waals surface area contributed by atoms with Crippen LogP contribution < -0.4 is 9.47 Å². The molecule has 0 amide bonds. The highest BCUT2D eigenvalue weighted by Crippen LogP contribution is 2.36. The highest BCUT2D eigenvalue weighted by atomic mass is 32.2. The second kappa shape index (κ2) is 9.95. The third-order valence-corrected chi connectivity index (χ3v) is 8.23. The van der Waals surface area contributed by atoms with Gasteiger partial charge >= 0.3 is 5.97 Å². The summed E-state index contributed by atoms with van der Waals surface area (Å²) in [5, 5.41) is 9.56. The van der Waals surface area contributed by atoms with Crippen molar-refractivity contribution in [2.75, 3.05) is 13.7 Å². The first-order valence-electron chi connectivity index (χ1n) is 11.8. The van der Waals surface area contributed by atoms with Crippen LogP contribution in [0.25, 0.3) is 11.1 Å². The van der Waals surface area contributed by atoms with Crippen LogP contribution in [0.1, 0.15) is 37.0 Å². The Hall–Kier alpha value is -3.36. The molecule has 0 radical (unpaired) electrons. The van der Waals surface area contributed by atoms with Crippen LogP contribution in [0.4, 0.5) is 0 Å². The molecule has 0 fully saturated rings. The maximum absolute atomic E-state index is 13.7. The molecule has 1 aliphatic rings. The lowest BCUT2D eigenvalue weighted by Crippen LogP contribution is -2.36. The molecule has 1 aliphatic heterocycles. The van der Waals surface area contributed by atoms with Gasteiger partial charge in [-0.25, -0.2) is 8.42 Å². The van der Waals surface area contributed by atoms with Crippen LogP contribution in [0, 0.1) is 6.92 Å². The predicted octanol–water partition coefficient (Wildman–Crippen LogP) is 5.05. The Morgan fingerprint density at radius 2 is 1.86 bits per heavy atom. The van der Waals surface area contributed by atoms with E-state index in [0.717, 1.165) is 33.0 Å². The topological polar surface area (TPSA) is 93.1 Å². The standard InChI is InChI=1S/C28H31NO6S/c1-19-7-5-6-8-24(19)20-9-11-25(34-4)22(15-20)17-29(18-27(30)31)36(32,33)23-10-12-26-21(16-23)13-14-28(2,3)35-26/h5-12,15-16H,13-14,17-18H2,1-4H3,(H,30,31). The number of fused-ring (bicyclic) bond motifs is 1. The molecule has 190 valence electrons. The fourth-order valence-electron chi connectivity index (χ4n) is 4.48. The summed E-state index contributed by atoms with van der Waals surface area (Å²) in [6.45, 7) is 5.15. The zero-order valence-electron chi connectivity index (χ0n) is 20.9. The average Bonchev–Trinajstić information content (AvgIpc) is 2.82. The number of methoxy groups -OCH3 is 1. The minimum absolute atomic E-state index is 0.0415. The van der Waals surface area contributed by atoms with Crippen LogP contribution in [0.5, 0.6) is 11.5 Å². The van der Waals surface area contributed by atoms with E-state index >= 15 is 0 Å². The monoisotopic (exact) mass is 509 g/mol. The van der Waals surface area contributed by atoms with Crippen molar-refractivity contribution in [2.45, 2.75) is 50.7 Å². The Balaban J connectivity index is 1.72. The molecule has 7 nitrogen and oxygen atoms in total. The number of carboxylic acids is 1. The fraction of sp³-hybridized carbons (Fsp3) is 0.321. The van der Waals surface area contributed by atoms with Gasteiger partial charge in [0.05, 0.1) is 12.0 Å². The molecule has 0 aliphatic carbocycles. The van der Waals surface area contributed by atoms with Crippen molar-refractivity contribution in [3.8, 4) is 22.6 Å². The van der Waals surface area contributed by atoms with Gasteiger partial charge in [0.1, 0.15) is 23.6 Å². The second-order valence-electron chi connectivity index (χ2n) is 9.64. The van der Waals surface area contributed by atoms with Crippen LogP contribution in [-0.4, -0.2) is 43.1 Å². The summed E-state index contributed by atoms with van der Waals surface area (Å²) in [6, 6.07) is 18.1. The normalized spacial score (nSPS) is 14.7. The van der Waals surface area contributed by atoms with Crippen molar-refractivity contribution in [2.24, 2.45) is 0 Å². The first-order chi connectivity index (χ1) is 17.0. The van der Waals surface area contributed by atoms with Crippen molar-refractivity contribution in [3.63, 3.8) is 0 Å². The van der Waals surface area contributed by atoms with E-state index in [1.54, 1.807) is 18.2 Å². The molecule has 8 heteroatoms. The zero-order chi connectivity index (χ0) is 26.1. The molecule has 4 rings (SSSR count). The smallest absolute Gasteiger partial charge is 0.318 e. The minimum atomic E-state index is -4.13. The molecule has 3 aromatic rings. The van der Waals surface area contributed by atoms with Gasteiger partial charge < -0.3 is 14.6 Å². The first-order valence-corrected chi connectivity index (χ1v) is 13.2. The maximum atomic E-state index is 13.7. The van der Waals surface area contributed by atoms with Gasteiger partial charge in [-0.05, 0) is 86.2 Å². The van der Waals surface area contributed by atoms with E-state index in [1.165, 1.54) is 13.2 Å². The van der Waals surface area contributed by atoms with E-state index < -0.39 is 22.5 Å². The van der Waals surface area contributed by atoms with E-state index in [4.69, 9.17) is 9.47 Å². The molecule has 0 atom stereocenters. The first kappa shape index (κ1) is 25.7. The minimum Gasteiger partial charge on any atom is -0.496 e. The largest absolute Gasteiger partial charge is 0.496 e. The summed E-state index contributed by atoms with van der Waals surface area (Å²) in [6.07, 6.45) is 1.43. The van der Waals surface area contributed by atoms with Gasteiger partial charge in [0.2, 0.25) is 10.0 Å². The van der Waals surface area contributed by atoms with Crippen molar-refractivity contribution >= 4 is 16.0 Å². The number of carboxylic acid groups (broad SMARTS) is 1. The number of aliphatic carboxylic acids is 1. The molecule has 1 heterocycles. The molecule has 3 aromatic carbocycles. The third kappa shape index (κ3) is 5.39. The molecule has 0 spiro atoms. The van der Waals surface area contributed by atoms with Gasteiger partial charge in [0.25, 0.3) is 0 Å². The quantitative estimate of drug-likeness (QED) is 0.457. The molecule has 1 N–H and O–H groups in total. The Morgan fingerprint density at radius 1 is 1.11 bits per heavy atom. The van der Waals surface area contributed by atoms with Gasteiger partial charge in [-0.2, -0.15) is 4.31 Å². The predicted molar refractivity (Wildman–Crippen MR) is 138 cm³/mol. The SMILES string of the molecule is COc1ccc(-c2ccccc2C)cc1CN(CC(=O)O)S(=O)(=O)c1ccc2c(c1)CCC(C)(C)O2. The lowest BCUT2D eigenvalue weighted by Gasteiger charge is -2.33. The number of ether oxygens (including phenoxy) is 2. The van der Waals surface area contributed by atoms with Crippen LogP contribution in [0.15, 0.2) is 65.6 Å². The van der Waals surface area contributed by atoms with E-state index in [2.05, 4.69) is 0 Å². The van der Waals surface area contributed by atoms with Gasteiger partial charge in [0.15, 0.2) is 0 Å². The van der Waals surface area contributed by atoms with Crippen LogP contribution in [0.3, 0.4) is 0 Å². The molecule has 36 heavy (non-hydrogen) atoms. The lowest BCUT2D eigenvalue weighted by molar-refractivity contribution is -0.137. The van der Waals surface area contributed by atoms with Gasteiger partial charge in [-0.15, -0.1) is 0 Å². The number of benzene rings is 3.